The van der Waals surface area contributed by atoms with E-state index in [9.17, 15) is 13.2 Å². The van der Waals surface area contributed by atoms with Gasteiger partial charge in [0.15, 0.2) is 0 Å². The van der Waals surface area contributed by atoms with Crippen LogP contribution in [0.25, 0.3) is 0 Å². The summed E-state index contributed by atoms with van der Waals surface area (Å²) in [5.41, 5.74) is -0.0554. The second kappa shape index (κ2) is 8.12. The third kappa shape index (κ3) is 4.88. The molecule has 0 unspecified atom stereocenters. The van der Waals surface area contributed by atoms with Gasteiger partial charge in [-0.3, -0.25) is 0 Å². The lowest BCUT2D eigenvalue weighted by Gasteiger charge is -2.52. The van der Waals surface area contributed by atoms with Crippen molar-refractivity contribution in [3.05, 3.63) is 28.8 Å². The molecular weight excluding hydrogens is 396 g/mol. The molecule has 2 nitrogen and oxygen atoms in total. The second-order valence-electron chi connectivity index (χ2n) is 7.28. The van der Waals surface area contributed by atoms with Crippen LogP contribution in [0.15, 0.2) is 18.2 Å². The normalized spacial score (nSPS) is 25.4. The first-order chi connectivity index (χ1) is 10.7. The zero-order valence-electron chi connectivity index (χ0n) is 14.2. The van der Waals surface area contributed by atoms with E-state index in [4.69, 9.17) is 11.6 Å². The minimum absolute atomic E-state index is 0. The van der Waals surface area contributed by atoms with Crippen molar-refractivity contribution in [2.45, 2.75) is 63.3 Å². The molecule has 3 rings (SSSR count). The number of nitrogens with zero attached hydrogens (tertiary/aromatic N) is 1. The number of hydrogen-bond acceptors (Lipinski definition) is 2. The lowest BCUT2D eigenvalue weighted by molar-refractivity contribution is -0.137. The molecule has 1 aliphatic heterocycles. The number of hydrogen-bond donors (Lipinski definition) is 1. The molecule has 25 heavy (non-hydrogen) atoms. The molecule has 144 valence electrons. The predicted octanol–water partition coefficient (Wildman–Crippen LogP) is 5.70. The molecule has 2 aliphatic rings. The maximum atomic E-state index is 12.9. The summed E-state index contributed by atoms with van der Waals surface area (Å²) < 4.78 is 38.7. The molecule has 1 saturated heterocycles. The molecule has 1 N–H and O–H groups in total. The fourth-order valence-electron chi connectivity index (χ4n) is 3.94. The Kier molecular flexibility index (Phi) is 7.36. The molecule has 0 aromatic heterocycles. The molecule has 0 radical (unpaired) electrons. The fraction of sp³-hybridized carbons (Fsp3) is 0.647. The zero-order valence-corrected chi connectivity index (χ0v) is 16.6. The molecule has 1 aromatic rings. The molecule has 8 heteroatoms. The third-order valence-corrected chi connectivity index (χ3v) is 5.17. The Balaban J connectivity index is 0.00000156. The Morgan fingerprint density at radius 1 is 1.16 bits per heavy atom. The van der Waals surface area contributed by atoms with Gasteiger partial charge in [-0.05, 0) is 44.9 Å². The van der Waals surface area contributed by atoms with Gasteiger partial charge in [-0.2, -0.15) is 13.2 Å². The van der Waals surface area contributed by atoms with Gasteiger partial charge in [0, 0.05) is 29.9 Å². The van der Waals surface area contributed by atoms with E-state index in [0.717, 1.165) is 37.6 Å². The van der Waals surface area contributed by atoms with Gasteiger partial charge < -0.3 is 10.2 Å². The second-order valence-corrected chi connectivity index (χ2v) is 7.68. The lowest BCUT2D eigenvalue weighted by Crippen LogP contribution is -2.67. The highest BCUT2D eigenvalue weighted by Crippen LogP contribution is 2.39. The summed E-state index contributed by atoms with van der Waals surface area (Å²) in [6.45, 7) is 5.03. The molecule has 1 aromatic carbocycles. The van der Waals surface area contributed by atoms with Gasteiger partial charge in [-0.25, -0.2) is 0 Å². The molecule has 1 aliphatic carbocycles. The van der Waals surface area contributed by atoms with Gasteiger partial charge in [0.25, 0.3) is 0 Å². The summed E-state index contributed by atoms with van der Waals surface area (Å²) in [6, 6.07) is 4.84. The largest absolute Gasteiger partial charge is 0.417 e. The number of alkyl halides is 3. The minimum atomic E-state index is -4.41. The van der Waals surface area contributed by atoms with E-state index in [2.05, 4.69) is 24.1 Å². The van der Waals surface area contributed by atoms with E-state index in [1.807, 2.05) is 0 Å². The highest BCUT2D eigenvalue weighted by molar-refractivity contribution is 6.31. The Labute approximate surface area is 164 Å². The standard InChI is InChI=1S/C17H22ClF3N2.2ClH/c1-16(2)10-23(15-6-4-3-5-14(15)22-16)11-7-8-12(13(18)9-11)17(19,20)21;;/h7-9,14-15,22H,3-6,10H2,1-2H3;2*1H/t14-,15-;;/m1../s1. The molecule has 2 fully saturated rings. The van der Waals surface area contributed by atoms with Crippen molar-refractivity contribution in [1.29, 1.82) is 0 Å². The quantitative estimate of drug-likeness (QED) is 0.628. The van der Waals surface area contributed by atoms with Crippen LogP contribution in [0.1, 0.15) is 45.1 Å². The van der Waals surface area contributed by atoms with Gasteiger partial charge in [0.2, 0.25) is 0 Å². The summed E-state index contributed by atoms with van der Waals surface area (Å²) in [7, 11) is 0. The number of fused-ring (bicyclic) bond motifs is 1. The van der Waals surface area contributed by atoms with E-state index in [1.165, 1.54) is 12.5 Å². The van der Waals surface area contributed by atoms with Crippen LogP contribution in [0, 0.1) is 0 Å². The van der Waals surface area contributed by atoms with Crippen LogP contribution >= 0.6 is 36.4 Å². The molecule has 0 bridgehead atoms. The van der Waals surface area contributed by atoms with Crippen molar-refractivity contribution in [1.82, 2.24) is 5.32 Å². The number of rotatable bonds is 1. The van der Waals surface area contributed by atoms with Crippen molar-refractivity contribution < 1.29 is 13.2 Å². The lowest BCUT2D eigenvalue weighted by atomic mass is 9.83. The van der Waals surface area contributed by atoms with Gasteiger partial charge in [0.1, 0.15) is 0 Å². The number of benzene rings is 1. The van der Waals surface area contributed by atoms with Crippen LogP contribution in [0.4, 0.5) is 18.9 Å². The van der Waals surface area contributed by atoms with Crippen molar-refractivity contribution >= 4 is 42.1 Å². The molecule has 0 spiro atoms. The zero-order chi connectivity index (χ0) is 16.8. The molecule has 1 heterocycles. The van der Waals surface area contributed by atoms with E-state index < -0.39 is 11.7 Å². The van der Waals surface area contributed by atoms with Crippen LogP contribution < -0.4 is 10.2 Å². The summed E-state index contributed by atoms with van der Waals surface area (Å²) in [5, 5.41) is 3.47. The van der Waals surface area contributed by atoms with E-state index in [1.54, 1.807) is 6.07 Å². The Morgan fingerprint density at radius 2 is 1.80 bits per heavy atom. The van der Waals surface area contributed by atoms with Crippen molar-refractivity contribution in [3.63, 3.8) is 0 Å². The highest BCUT2D eigenvalue weighted by Gasteiger charge is 2.41. The average Bonchev–Trinajstić information content (AvgIpc) is 2.44. The maximum Gasteiger partial charge on any atom is 0.417 e. The predicted molar refractivity (Wildman–Crippen MR) is 102 cm³/mol. The van der Waals surface area contributed by atoms with Crippen LogP contribution in [-0.2, 0) is 6.18 Å². The third-order valence-electron chi connectivity index (χ3n) is 4.86. The minimum Gasteiger partial charge on any atom is -0.365 e. The Hall–Kier alpha value is -0.360. The summed E-state index contributed by atoms with van der Waals surface area (Å²) >= 11 is 5.92. The van der Waals surface area contributed by atoms with Crippen molar-refractivity contribution in [2.24, 2.45) is 0 Å². The molecule has 1 saturated carbocycles. The monoisotopic (exact) mass is 418 g/mol. The highest BCUT2D eigenvalue weighted by atomic mass is 35.5. The molecular formula is C17H24Cl3F3N2. The topological polar surface area (TPSA) is 15.3 Å². The fourth-order valence-corrected chi connectivity index (χ4v) is 4.22. The first-order valence-electron chi connectivity index (χ1n) is 8.08. The molecule has 2 atom stereocenters. The SMILES string of the molecule is CC1(C)CN(c2ccc(C(F)(F)F)c(Cl)c2)[C@@H]2CCCC[C@H]2N1.Cl.Cl. The van der Waals surface area contributed by atoms with Crippen LogP contribution in [0.5, 0.6) is 0 Å². The van der Waals surface area contributed by atoms with Crippen molar-refractivity contribution in [2.75, 3.05) is 11.4 Å². The van der Waals surface area contributed by atoms with E-state index in [0.29, 0.717) is 12.1 Å². The van der Waals surface area contributed by atoms with Gasteiger partial charge in [-0.15, -0.1) is 24.8 Å². The maximum absolute atomic E-state index is 12.9. The van der Waals surface area contributed by atoms with Gasteiger partial charge in [0.05, 0.1) is 10.6 Å². The number of nitrogens with one attached hydrogen (secondary N) is 1. The van der Waals surface area contributed by atoms with Gasteiger partial charge >= 0.3 is 6.18 Å². The van der Waals surface area contributed by atoms with Gasteiger partial charge in [-0.1, -0.05) is 24.4 Å². The van der Waals surface area contributed by atoms with E-state index in [-0.39, 0.29) is 35.4 Å². The first-order valence-corrected chi connectivity index (χ1v) is 8.46. The van der Waals surface area contributed by atoms with Crippen LogP contribution in [0.2, 0.25) is 5.02 Å². The van der Waals surface area contributed by atoms with Crippen LogP contribution in [0.3, 0.4) is 0 Å². The summed E-state index contributed by atoms with van der Waals surface area (Å²) in [4.78, 5) is 2.24. The smallest absolute Gasteiger partial charge is 0.365 e. The van der Waals surface area contributed by atoms with Crippen molar-refractivity contribution in [3.8, 4) is 0 Å². The Bertz CT molecular complexity index is 593. The molecule has 0 amide bonds. The van der Waals surface area contributed by atoms with E-state index >= 15 is 0 Å². The first kappa shape index (κ1) is 22.7. The summed E-state index contributed by atoms with van der Waals surface area (Å²) in [5.74, 6) is 0. The Morgan fingerprint density at radius 3 is 2.40 bits per heavy atom. The number of halogens is 6. The van der Waals surface area contributed by atoms with Crippen LogP contribution in [-0.4, -0.2) is 24.2 Å². The average molecular weight is 420 g/mol. The summed E-state index contributed by atoms with van der Waals surface area (Å²) in [6.07, 6.45) is 0.122. The number of anilines is 1. The number of piperazine rings is 1.